The molecule has 0 aromatic heterocycles. The first-order valence-corrected chi connectivity index (χ1v) is 7.16. The first kappa shape index (κ1) is 12.9. The van der Waals surface area contributed by atoms with Crippen LogP contribution < -0.4 is 4.90 Å². The number of anilines is 1. The molecule has 0 bridgehead atoms. The summed E-state index contributed by atoms with van der Waals surface area (Å²) in [5.41, 5.74) is 4.70. The minimum Gasteiger partial charge on any atom is -0.312 e. The molecular formula is C18H19NO. The summed E-state index contributed by atoms with van der Waals surface area (Å²) in [7, 11) is 0. The second kappa shape index (κ2) is 5.12. The van der Waals surface area contributed by atoms with Crippen LogP contribution in [0.15, 0.2) is 48.5 Å². The summed E-state index contributed by atoms with van der Waals surface area (Å²) in [6, 6.07) is 16.6. The third-order valence-electron chi connectivity index (χ3n) is 4.01. The Morgan fingerprint density at radius 1 is 1.10 bits per heavy atom. The number of benzene rings is 2. The molecule has 1 atom stereocenters. The highest BCUT2D eigenvalue weighted by Gasteiger charge is 2.36. The predicted octanol–water partition coefficient (Wildman–Crippen LogP) is 3.69. The van der Waals surface area contributed by atoms with Gasteiger partial charge in [0.15, 0.2) is 0 Å². The summed E-state index contributed by atoms with van der Waals surface area (Å²) in [5.74, 6) is 0.198. The quantitative estimate of drug-likeness (QED) is 0.829. The standard InChI is InChI=1S/C18H19NO/c1-3-19-17-10-9-13(2)11-15(17)16(18(19)20)12-14-7-5-4-6-8-14/h4-11,16H,3,12H2,1-2H3. The Morgan fingerprint density at radius 2 is 1.85 bits per heavy atom. The first-order chi connectivity index (χ1) is 9.70. The van der Waals surface area contributed by atoms with Crippen molar-refractivity contribution in [2.75, 3.05) is 11.4 Å². The fourth-order valence-electron chi connectivity index (χ4n) is 3.01. The molecule has 0 saturated heterocycles. The topological polar surface area (TPSA) is 20.3 Å². The molecule has 1 heterocycles. The van der Waals surface area contributed by atoms with Gasteiger partial charge in [-0.2, -0.15) is 0 Å². The SMILES string of the molecule is CCN1C(=O)C(Cc2ccccc2)c2cc(C)ccc21. The van der Waals surface area contributed by atoms with E-state index < -0.39 is 0 Å². The Labute approximate surface area is 120 Å². The van der Waals surface area contributed by atoms with Crippen molar-refractivity contribution in [1.29, 1.82) is 0 Å². The number of hydrogen-bond donors (Lipinski definition) is 0. The lowest BCUT2D eigenvalue weighted by Gasteiger charge is -2.15. The minimum absolute atomic E-state index is 0.0350. The van der Waals surface area contributed by atoms with Crippen LogP contribution in [0.25, 0.3) is 0 Å². The minimum atomic E-state index is -0.0350. The zero-order valence-corrected chi connectivity index (χ0v) is 12.0. The Balaban J connectivity index is 2.00. The summed E-state index contributed by atoms with van der Waals surface area (Å²) in [5, 5.41) is 0. The highest BCUT2D eigenvalue weighted by Crippen LogP contribution is 2.39. The zero-order chi connectivity index (χ0) is 14.1. The number of aryl methyl sites for hydroxylation is 1. The van der Waals surface area contributed by atoms with Gasteiger partial charge in [0, 0.05) is 12.2 Å². The fourth-order valence-corrected chi connectivity index (χ4v) is 3.01. The van der Waals surface area contributed by atoms with E-state index in [2.05, 4.69) is 37.3 Å². The van der Waals surface area contributed by atoms with Crippen LogP contribution in [-0.4, -0.2) is 12.5 Å². The monoisotopic (exact) mass is 265 g/mol. The fraction of sp³-hybridized carbons (Fsp3) is 0.278. The molecule has 0 saturated carbocycles. The maximum Gasteiger partial charge on any atom is 0.234 e. The van der Waals surface area contributed by atoms with Crippen molar-refractivity contribution in [2.24, 2.45) is 0 Å². The maximum absolute atomic E-state index is 12.6. The Bertz CT molecular complexity index is 633. The van der Waals surface area contributed by atoms with Crippen LogP contribution >= 0.6 is 0 Å². The number of fused-ring (bicyclic) bond motifs is 1. The van der Waals surface area contributed by atoms with Gasteiger partial charge in [-0.05, 0) is 37.5 Å². The lowest BCUT2D eigenvalue weighted by atomic mass is 9.92. The van der Waals surface area contributed by atoms with E-state index in [4.69, 9.17) is 0 Å². The van der Waals surface area contributed by atoms with Crippen molar-refractivity contribution in [1.82, 2.24) is 0 Å². The van der Waals surface area contributed by atoms with E-state index in [1.54, 1.807) is 0 Å². The van der Waals surface area contributed by atoms with Crippen molar-refractivity contribution in [2.45, 2.75) is 26.2 Å². The van der Waals surface area contributed by atoms with Crippen LogP contribution in [0, 0.1) is 6.92 Å². The van der Waals surface area contributed by atoms with Crippen molar-refractivity contribution in [3.05, 3.63) is 65.2 Å². The van der Waals surface area contributed by atoms with E-state index in [9.17, 15) is 4.79 Å². The second-order valence-corrected chi connectivity index (χ2v) is 5.39. The van der Waals surface area contributed by atoms with Crippen molar-refractivity contribution in [3.63, 3.8) is 0 Å². The second-order valence-electron chi connectivity index (χ2n) is 5.39. The van der Waals surface area contributed by atoms with Crippen LogP contribution in [0.3, 0.4) is 0 Å². The van der Waals surface area contributed by atoms with E-state index in [0.29, 0.717) is 0 Å². The van der Waals surface area contributed by atoms with E-state index in [1.807, 2.05) is 30.0 Å². The van der Waals surface area contributed by atoms with Crippen molar-refractivity contribution in [3.8, 4) is 0 Å². The Kier molecular flexibility index (Phi) is 3.31. The van der Waals surface area contributed by atoms with E-state index >= 15 is 0 Å². The molecule has 0 spiro atoms. The molecule has 0 radical (unpaired) electrons. The molecule has 102 valence electrons. The number of carbonyl (C=O) groups excluding carboxylic acids is 1. The molecule has 1 aliphatic rings. The number of carbonyl (C=O) groups is 1. The average Bonchev–Trinajstić information content (AvgIpc) is 2.72. The van der Waals surface area contributed by atoms with Crippen molar-refractivity contribution >= 4 is 11.6 Å². The number of likely N-dealkylation sites (N-methyl/N-ethyl adjacent to an activating group) is 1. The summed E-state index contributed by atoms with van der Waals surface area (Å²) in [6.07, 6.45) is 0.784. The van der Waals surface area contributed by atoms with Gasteiger partial charge in [0.2, 0.25) is 5.91 Å². The largest absolute Gasteiger partial charge is 0.312 e. The molecule has 0 N–H and O–H groups in total. The molecule has 20 heavy (non-hydrogen) atoms. The van der Waals surface area contributed by atoms with Crippen LogP contribution in [0.4, 0.5) is 5.69 Å². The van der Waals surface area contributed by atoms with E-state index in [0.717, 1.165) is 18.7 Å². The molecule has 2 heteroatoms. The van der Waals surface area contributed by atoms with Gasteiger partial charge in [0.1, 0.15) is 0 Å². The van der Waals surface area contributed by atoms with Gasteiger partial charge in [-0.15, -0.1) is 0 Å². The van der Waals surface area contributed by atoms with Gasteiger partial charge in [0.05, 0.1) is 5.92 Å². The molecule has 2 aromatic carbocycles. The molecule has 0 aliphatic carbocycles. The Hall–Kier alpha value is -2.09. The highest BCUT2D eigenvalue weighted by atomic mass is 16.2. The molecule has 1 aliphatic heterocycles. The normalized spacial score (nSPS) is 17.4. The molecule has 1 unspecified atom stereocenters. The van der Waals surface area contributed by atoms with Crippen molar-refractivity contribution < 1.29 is 4.79 Å². The van der Waals surface area contributed by atoms with Gasteiger partial charge < -0.3 is 4.90 Å². The van der Waals surface area contributed by atoms with Crippen LogP contribution in [0.5, 0.6) is 0 Å². The number of hydrogen-bond acceptors (Lipinski definition) is 1. The molecule has 2 aromatic rings. The number of amides is 1. The number of nitrogens with zero attached hydrogens (tertiary/aromatic N) is 1. The molecular weight excluding hydrogens is 246 g/mol. The van der Waals surface area contributed by atoms with Gasteiger partial charge in [-0.25, -0.2) is 0 Å². The zero-order valence-electron chi connectivity index (χ0n) is 12.0. The predicted molar refractivity (Wildman–Crippen MR) is 82.1 cm³/mol. The smallest absolute Gasteiger partial charge is 0.234 e. The lowest BCUT2D eigenvalue weighted by molar-refractivity contribution is -0.119. The number of rotatable bonds is 3. The average molecular weight is 265 g/mol. The van der Waals surface area contributed by atoms with Gasteiger partial charge in [-0.3, -0.25) is 4.79 Å². The molecule has 2 nitrogen and oxygen atoms in total. The van der Waals surface area contributed by atoms with Gasteiger partial charge in [0.25, 0.3) is 0 Å². The van der Waals surface area contributed by atoms with Crippen LogP contribution in [0.1, 0.15) is 29.5 Å². The Morgan fingerprint density at radius 3 is 2.55 bits per heavy atom. The molecule has 0 fully saturated rings. The lowest BCUT2D eigenvalue weighted by Crippen LogP contribution is -2.29. The maximum atomic E-state index is 12.6. The first-order valence-electron chi connectivity index (χ1n) is 7.16. The summed E-state index contributed by atoms with van der Waals surface area (Å²) >= 11 is 0. The van der Waals surface area contributed by atoms with E-state index in [-0.39, 0.29) is 11.8 Å². The third-order valence-corrected chi connectivity index (χ3v) is 4.01. The summed E-state index contributed by atoms with van der Waals surface area (Å²) in [6.45, 7) is 4.85. The highest BCUT2D eigenvalue weighted by molar-refractivity contribution is 6.05. The van der Waals surface area contributed by atoms with Crippen LogP contribution in [0.2, 0.25) is 0 Å². The van der Waals surface area contributed by atoms with Gasteiger partial charge in [-0.1, -0.05) is 48.0 Å². The summed E-state index contributed by atoms with van der Waals surface area (Å²) in [4.78, 5) is 14.5. The van der Waals surface area contributed by atoms with Crippen LogP contribution in [-0.2, 0) is 11.2 Å². The molecule has 3 rings (SSSR count). The summed E-state index contributed by atoms with van der Waals surface area (Å²) < 4.78 is 0. The van der Waals surface area contributed by atoms with Gasteiger partial charge >= 0.3 is 0 Å². The molecule has 1 amide bonds. The third kappa shape index (κ3) is 2.11. The van der Waals surface area contributed by atoms with E-state index in [1.165, 1.54) is 16.7 Å².